The minimum atomic E-state index is -0.155. The quantitative estimate of drug-likeness (QED) is 0.816. The molecule has 0 bridgehead atoms. The molecule has 130 valence electrons. The first-order chi connectivity index (χ1) is 11.6. The summed E-state index contributed by atoms with van der Waals surface area (Å²) >= 11 is 0. The van der Waals surface area contributed by atoms with Crippen molar-refractivity contribution in [3.8, 4) is 0 Å². The Kier molecular flexibility index (Phi) is 5.54. The van der Waals surface area contributed by atoms with Crippen LogP contribution in [0.3, 0.4) is 0 Å². The number of hydrogen-bond acceptors (Lipinski definition) is 2. The van der Waals surface area contributed by atoms with E-state index in [1.807, 2.05) is 4.90 Å². The van der Waals surface area contributed by atoms with E-state index in [2.05, 4.69) is 36.5 Å². The maximum Gasteiger partial charge on any atom is 0.225 e. The lowest BCUT2D eigenvalue weighted by atomic mass is 10.1. The summed E-state index contributed by atoms with van der Waals surface area (Å²) in [5.74, 6) is 0.0620. The van der Waals surface area contributed by atoms with E-state index in [-0.39, 0.29) is 17.7 Å². The normalized spacial score (nSPS) is 21.5. The van der Waals surface area contributed by atoms with E-state index in [0.29, 0.717) is 25.6 Å². The zero-order valence-electron chi connectivity index (χ0n) is 14.6. The molecule has 1 aromatic carbocycles. The van der Waals surface area contributed by atoms with Crippen LogP contribution >= 0.6 is 0 Å². The van der Waals surface area contributed by atoms with E-state index in [4.69, 9.17) is 0 Å². The summed E-state index contributed by atoms with van der Waals surface area (Å²) < 4.78 is 0. The molecule has 0 aromatic heterocycles. The van der Waals surface area contributed by atoms with Gasteiger partial charge in [0.25, 0.3) is 0 Å². The first-order valence-corrected chi connectivity index (χ1v) is 9.26. The fourth-order valence-corrected chi connectivity index (χ4v) is 3.99. The Morgan fingerprint density at radius 3 is 2.83 bits per heavy atom. The summed E-state index contributed by atoms with van der Waals surface area (Å²) in [5.41, 5.74) is 2.58. The maximum absolute atomic E-state index is 12.3. The van der Waals surface area contributed by atoms with E-state index in [0.717, 1.165) is 25.7 Å². The predicted molar refractivity (Wildman–Crippen MR) is 94.6 cm³/mol. The highest BCUT2D eigenvalue weighted by molar-refractivity contribution is 5.89. The minimum absolute atomic E-state index is 0.0492. The van der Waals surface area contributed by atoms with Gasteiger partial charge in [-0.3, -0.25) is 9.59 Å². The molecule has 2 aliphatic rings. The molecule has 1 saturated carbocycles. The number of carbonyl (C=O) groups is 2. The van der Waals surface area contributed by atoms with Crippen molar-refractivity contribution in [2.45, 2.75) is 57.9 Å². The molecule has 1 N–H and O–H groups in total. The van der Waals surface area contributed by atoms with Gasteiger partial charge < -0.3 is 10.2 Å². The van der Waals surface area contributed by atoms with Gasteiger partial charge in [0.1, 0.15) is 0 Å². The average Bonchev–Trinajstić information content (AvgIpc) is 3.20. The second kappa shape index (κ2) is 7.82. The lowest BCUT2D eigenvalue weighted by Crippen LogP contribution is -2.37. The largest absolute Gasteiger partial charge is 0.356 e. The number of nitrogens with one attached hydrogen (secondary N) is 1. The van der Waals surface area contributed by atoms with Crippen molar-refractivity contribution in [1.29, 1.82) is 0 Å². The Hall–Kier alpha value is -1.84. The van der Waals surface area contributed by atoms with Gasteiger partial charge in [0, 0.05) is 25.6 Å². The lowest BCUT2D eigenvalue weighted by Gasteiger charge is -2.23. The van der Waals surface area contributed by atoms with Crippen LogP contribution in [-0.2, 0) is 16.0 Å². The van der Waals surface area contributed by atoms with Gasteiger partial charge in [-0.05, 0) is 38.2 Å². The Labute approximate surface area is 144 Å². The van der Waals surface area contributed by atoms with Gasteiger partial charge in [-0.1, -0.05) is 42.7 Å². The molecular weight excluding hydrogens is 300 g/mol. The van der Waals surface area contributed by atoms with E-state index < -0.39 is 0 Å². The number of rotatable bonds is 6. The van der Waals surface area contributed by atoms with E-state index in [1.54, 1.807) is 0 Å². The highest BCUT2D eigenvalue weighted by Crippen LogP contribution is 2.29. The summed E-state index contributed by atoms with van der Waals surface area (Å²) in [6.07, 6.45) is 6.93. The van der Waals surface area contributed by atoms with Crippen molar-refractivity contribution in [3.05, 3.63) is 35.4 Å². The molecule has 0 unspecified atom stereocenters. The molecule has 0 radical (unpaired) electrons. The van der Waals surface area contributed by atoms with Gasteiger partial charge in [0.05, 0.1) is 5.92 Å². The van der Waals surface area contributed by atoms with Gasteiger partial charge in [-0.15, -0.1) is 0 Å². The van der Waals surface area contributed by atoms with Crippen LogP contribution in [-0.4, -0.2) is 35.8 Å². The second-order valence-electron chi connectivity index (χ2n) is 7.27. The van der Waals surface area contributed by atoms with Crippen LogP contribution in [0.25, 0.3) is 0 Å². The zero-order valence-corrected chi connectivity index (χ0v) is 14.6. The first-order valence-electron chi connectivity index (χ1n) is 9.26. The van der Waals surface area contributed by atoms with Crippen LogP contribution in [0.5, 0.6) is 0 Å². The van der Waals surface area contributed by atoms with Gasteiger partial charge >= 0.3 is 0 Å². The van der Waals surface area contributed by atoms with E-state index in [9.17, 15) is 9.59 Å². The molecule has 1 saturated heterocycles. The molecular formula is C20H28N2O2. The van der Waals surface area contributed by atoms with Gasteiger partial charge in [0.15, 0.2) is 0 Å². The Bertz CT molecular complexity index is 593. The molecule has 2 amide bonds. The fraction of sp³-hybridized carbons (Fsp3) is 0.600. The fourth-order valence-electron chi connectivity index (χ4n) is 3.99. The number of carbonyl (C=O) groups excluding carboxylic acids is 2. The summed E-state index contributed by atoms with van der Waals surface area (Å²) in [7, 11) is 0. The second-order valence-corrected chi connectivity index (χ2v) is 7.27. The molecule has 1 heterocycles. The first kappa shape index (κ1) is 17.0. The van der Waals surface area contributed by atoms with Gasteiger partial charge in [-0.2, -0.15) is 0 Å². The number of benzene rings is 1. The van der Waals surface area contributed by atoms with Crippen molar-refractivity contribution in [2.75, 3.05) is 13.1 Å². The predicted octanol–water partition coefficient (Wildman–Crippen LogP) is 2.83. The molecule has 1 aromatic rings. The summed E-state index contributed by atoms with van der Waals surface area (Å²) in [6, 6.07) is 8.88. The highest BCUT2D eigenvalue weighted by atomic mass is 16.2. The van der Waals surface area contributed by atoms with Crippen molar-refractivity contribution < 1.29 is 9.59 Å². The van der Waals surface area contributed by atoms with Crippen LogP contribution in [0.2, 0.25) is 0 Å². The highest BCUT2D eigenvalue weighted by Gasteiger charge is 2.38. The minimum Gasteiger partial charge on any atom is -0.356 e. The molecule has 1 atom stereocenters. The molecule has 0 spiro atoms. The van der Waals surface area contributed by atoms with E-state index >= 15 is 0 Å². The molecule has 2 fully saturated rings. The standard InChI is InChI=1S/C20H28N2O2/c1-15-6-4-7-16(12-15)8-5-11-21-20(24)17-13-19(23)22(14-17)18-9-2-3-10-18/h4,6-7,12,17-18H,2-3,5,8-11,13-14H2,1H3,(H,21,24)/t17-/m0/s1. The third-order valence-corrected chi connectivity index (χ3v) is 5.32. The van der Waals surface area contributed by atoms with Crippen LogP contribution in [0.15, 0.2) is 24.3 Å². The molecule has 3 rings (SSSR count). The summed E-state index contributed by atoms with van der Waals surface area (Å²) in [4.78, 5) is 26.5. The van der Waals surface area contributed by atoms with Crippen molar-refractivity contribution in [3.63, 3.8) is 0 Å². The van der Waals surface area contributed by atoms with Crippen molar-refractivity contribution in [1.82, 2.24) is 10.2 Å². The third kappa shape index (κ3) is 4.16. The molecule has 24 heavy (non-hydrogen) atoms. The number of nitrogens with zero attached hydrogens (tertiary/aromatic N) is 1. The number of likely N-dealkylation sites (tertiary alicyclic amines) is 1. The Balaban J connectivity index is 1.40. The van der Waals surface area contributed by atoms with Crippen LogP contribution < -0.4 is 5.32 Å². The van der Waals surface area contributed by atoms with Gasteiger partial charge in [-0.25, -0.2) is 0 Å². The number of aryl methyl sites for hydroxylation is 2. The topological polar surface area (TPSA) is 49.4 Å². The molecule has 4 nitrogen and oxygen atoms in total. The van der Waals surface area contributed by atoms with Crippen LogP contribution in [0.1, 0.15) is 49.7 Å². The van der Waals surface area contributed by atoms with Gasteiger partial charge in [0.2, 0.25) is 11.8 Å². The monoisotopic (exact) mass is 328 g/mol. The lowest BCUT2D eigenvalue weighted by molar-refractivity contribution is -0.130. The number of amides is 2. The zero-order chi connectivity index (χ0) is 16.9. The van der Waals surface area contributed by atoms with Crippen molar-refractivity contribution >= 4 is 11.8 Å². The van der Waals surface area contributed by atoms with Crippen molar-refractivity contribution in [2.24, 2.45) is 5.92 Å². The van der Waals surface area contributed by atoms with Crippen LogP contribution in [0, 0.1) is 12.8 Å². The number of hydrogen-bond donors (Lipinski definition) is 1. The van der Waals surface area contributed by atoms with Crippen LogP contribution in [0.4, 0.5) is 0 Å². The summed E-state index contributed by atoms with van der Waals surface area (Å²) in [5, 5.41) is 3.02. The molecule has 1 aliphatic carbocycles. The Morgan fingerprint density at radius 1 is 1.29 bits per heavy atom. The Morgan fingerprint density at radius 2 is 2.08 bits per heavy atom. The molecule has 1 aliphatic heterocycles. The SMILES string of the molecule is Cc1cccc(CCCNC(=O)[C@H]2CC(=O)N(C3CCCC3)C2)c1. The maximum atomic E-state index is 12.3. The third-order valence-electron chi connectivity index (χ3n) is 5.32. The summed E-state index contributed by atoms with van der Waals surface area (Å²) in [6.45, 7) is 3.40. The van der Waals surface area contributed by atoms with E-state index in [1.165, 1.54) is 24.0 Å². The molecule has 4 heteroatoms. The average molecular weight is 328 g/mol. The smallest absolute Gasteiger partial charge is 0.225 e.